The second-order valence-corrected chi connectivity index (χ2v) is 5.86. The molecule has 22 heavy (non-hydrogen) atoms. The van der Waals surface area contributed by atoms with Gasteiger partial charge in [-0.3, -0.25) is 0 Å². The van der Waals surface area contributed by atoms with Gasteiger partial charge in [0.25, 0.3) is 0 Å². The lowest BCUT2D eigenvalue weighted by Crippen LogP contribution is -2.07. The second kappa shape index (κ2) is 8.20. The van der Waals surface area contributed by atoms with E-state index in [1.54, 1.807) is 6.07 Å². The van der Waals surface area contributed by atoms with Crippen molar-refractivity contribution in [1.82, 2.24) is 9.97 Å². The van der Waals surface area contributed by atoms with E-state index in [0.717, 1.165) is 24.3 Å². The predicted molar refractivity (Wildman–Crippen MR) is 94.5 cm³/mol. The van der Waals surface area contributed by atoms with Crippen LogP contribution in [0.3, 0.4) is 0 Å². The van der Waals surface area contributed by atoms with E-state index in [4.69, 9.17) is 23.2 Å². The van der Waals surface area contributed by atoms with Crippen LogP contribution in [-0.4, -0.2) is 16.5 Å². The van der Waals surface area contributed by atoms with Gasteiger partial charge in [0.2, 0.25) is 5.95 Å². The molecule has 2 rings (SSSR count). The zero-order valence-electron chi connectivity index (χ0n) is 12.8. The van der Waals surface area contributed by atoms with E-state index in [2.05, 4.69) is 27.5 Å². The van der Waals surface area contributed by atoms with Crippen LogP contribution in [0.5, 0.6) is 0 Å². The van der Waals surface area contributed by atoms with Gasteiger partial charge in [-0.25, -0.2) is 4.98 Å². The van der Waals surface area contributed by atoms with Gasteiger partial charge in [-0.1, -0.05) is 49.0 Å². The normalized spacial score (nSPS) is 10.5. The zero-order valence-corrected chi connectivity index (χ0v) is 14.3. The molecule has 4 nitrogen and oxygen atoms in total. The highest BCUT2D eigenvalue weighted by molar-refractivity contribution is 6.43. The van der Waals surface area contributed by atoms with Gasteiger partial charge in [0.05, 0.1) is 15.7 Å². The molecule has 0 aliphatic carbocycles. The van der Waals surface area contributed by atoms with Crippen LogP contribution in [0.1, 0.15) is 31.9 Å². The van der Waals surface area contributed by atoms with E-state index in [9.17, 15) is 0 Å². The van der Waals surface area contributed by atoms with Crippen LogP contribution in [0.25, 0.3) is 0 Å². The Bertz CT molecular complexity index is 632. The lowest BCUT2D eigenvalue weighted by Gasteiger charge is -2.11. The smallest absolute Gasteiger partial charge is 0.224 e. The monoisotopic (exact) mass is 338 g/mol. The van der Waals surface area contributed by atoms with Crippen LogP contribution in [0.2, 0.25) is 10.0 Å². The molecule has 0 spiro atoms. The summed E-state index contributed by atoms with van der Waals surface area (Å²) in [4.78, 5) is 8.85. The maximum Gasteiger partial charge on any atom is 0.224 e. The summed E-state index contributed by atoms with van der Waals surface area (Å²) in [5, 5.41) is 7.43. The van der Waals surface area contributed by atoms with Crippen molar-refractivity contribution in [2.45, 2.75) is 33.1 Å². The molecule has 118 valence electrons. The van der Waals surface area contributed by atoms with Crippen LogP contribution in [-0.2, 0) is 0 Å². The number of aryl methyl sites for hydroxylation is 1. The molecule has 1 aromatic heterocycles. The third-order valence-corrected chi connectivity index (χ3v) is 3.95. The number of hydrogen-bond donors (Lipinski definition) is 2. The fraction of sp³-hybridized carbons (Fsp3) is 0.375. The molecule has 0 saturated heterocycles. The summed E-state index contributed by atoms with van der Waals surface area (Å²) < 4.78 is 0. The van der Waals surface area contributed by atoms with Crippen molar-refractivity contribution in [3.63, 3.8) is 0 Å². The van der Waals surface area contributed by atoms with Gasteiger partial charge in [-0.05, 0) is 25.5 Å². The molecule has 0 saturated carbocycles. The summed E-state index contributed by atoms with van der Waals surface area (Å²) in [6.07, 6.45) is 3.50. The Labute approximate surface area is 141 Å². The Hall–Kier alpha value is -1.52. The number of hydrogen-bond acceptors (Lipinski definition) is 4. The molecule has 0 unspecified atom stereocenters. The Morgan fingerprint density at radius 1 is 1.14 bits per heavy atom. The fourth-order valence-corrected chi connectivity index (χ4v) is 2.37. The van der Waals surface area contributed by atoms with Gasteiger partial charge in [-0.2, -0.15) is 4.98 Å². The second-order valence-electron chi connectivity index (χ2n) is 5.08. The number of halogens is 2. The summed E-state index contributed by atoms with van der Waals surface area (Å²) in [7, 11) is 0. The number of rotatable bonds is 7. The first-order valence-corrected chi connectivity index (χ1v) is 8.16. The van der Waals surface area contributed by atoms with Crippen molar-refractivity contribution in [2.24, 2.45) is 0 Å². The molecule has 1 aromatic carbocycles. The maximum absolute atomic E-state index is 6.19. The van der Waals surface area contributed by atoms with E-state index >= 15 is 0 Å². The summed E-state index contributed by atoms with van der Waals surface area (Å²) in [6, 6.07) is 7.32. The molecule has 2 aromatic rings. The standard InChI is InChI=1S/C16H20Cl2N4/c1-3-4-5-9-19-16-20-11(2)10-14(22-16)21-13-8-6-7-12(17)15(13)18/h6-8,10H,3-5,9H2,1-2H3,(H2,19,20,21,22). The van der Waals surface area contributed by atoms with Crippen molar-refractivity contribution in [2.75, 3.05) is 17.2 Å². The average Bonchev–Trinajstić information content (AvgIpc) is 2.48. The molecule has 2 N–H and O–H groups in total. The van der Waals surface area contributed by atoms with Gasteiger partial charge >= 0.3 is 0 Å². The maximum atomic E-state index is 6.19. The van der Waals surface area contributed by atoms with Crippen molar-refractivity contribution < 1.29 is 0 Å². The fourth-order valence-electron chi connectivity index (χ4n) is 2.03. The number of benzene rings is 1. The molecular weight excluding hydrogens is 319 g/mol. The van der Waals surface area contributed by atoms with Gasteiger partial charge < -0.3 is 10.6 Å². The highest BCUT2D eigenvalue weighted by Crippen LogP contribution is 2.31. The van der Waals surface area contributed by atoms with Crippen LogP contribution in [0, 0.1) is 6.92 Å². The van der Waals surface area contributed by atoms with Crippen molar-refractivity contribution >= 4 is 40.7 Å². The zero-order chi connectivity index (χ0) is 15.9. The van der Waals surface area contributed by atoms with E-state index < -0.39 is 0 Å². The average molecular weight is 339 g/mol. The highest BCUT2D eigenvalue weighted by Gasteiger charge is 2.07. The number of unbranched alkanes of at least 4 members (excludes halogenated alkanes) is 2. The molecule has 0 atom stereocenters. The molecule has 0 amide bonds. The lowest BCUT2D eigenvalue weighted by atomic mass is 10.2. The Morgan fingerprint density at radius 3 is 2.73 bits per heavy atom. The van der Waals surface area contributed by atoms with Crippen LogP contribution < -0.4 is 10.6 Å². The third kappa shape index (κ3) is 4.75. The largest absolute Gasteiger partial charge is 0.354 e. The predicted octanol–water partition coefficient (Wildman–Crippen LogP) is 5.44. The van der Waals surface area contributed by atoms with Crippen molar-refractivity contribution in [3.8, 4) is 0 Å². The van der Waals surface area contributed by atoms with Gasteiger partial charge in [0, 0.05) is 18.3 Å². The van der Waals surface area contributed by atoms with Crippen LogP contribution in [0.15, 0.2) is 24.3 Å². The van der Waals surface area contributed by atoms with Crippen LogP contribution in [0.4, 0.5) is 17.5 Å². The summed E-state index contributed by atoms with van der Waals surface area (Å²) in [5.41, 5.74) is 1.61. The minimum atomic E-state index is 0.484. The summed E-state index contributed by atoms with van der Waals surface area (Å²) in [6.45, 7) is 4.98. The first kappa shape index (κ1) is 16.8. The first-order valence-electron chi connectivity index (χ1n) is 7.40. The quantitative estimate of drug-likeness (QED) is 0.660. The first-order chi connectivity index (χ1) is 10.6. The molecule has 0 aliphatic heterocycles. The minimum absolute atomic E-state index is 0.484. The molecule has 0 fully saturated rings. The molecular formula is C16H20Cl2N4. The van der Waals surface area contributed by atoms with Crippen molar-refractivity contribution in [3.05, 3.63) is 40.0 Å². The topological polar surface area (TPSA) is 49.8 Å². The van der Waals surface area contributed by atoms with Gasteiger partial charge in [0.1, 0.15) is 5.82 Å². The van der Waals surface area contributed by atoms with E-state index in [-0.39, 0.29) is 0 Å². The van der Waals surface area contributed by atoms with Crippen LogP contribution >= 0.6 is 23.2 Å². The third-order valence-electron chi connectivity index (χ3n) is 3.13. The number of nitrogens with one attached hydrogen (secondary N) is 2. The Kier molecular flexibility index (Phi) is 6.28. The van der Waals surface area contributed by atoms with E-state index in [1.165, 1.54) is 12.8 Å². The minimum Gasteiger partial charge on any atom is -0.354 e. The molecule has 0 radical (unpaired) electrons. The molecule has 1 heterocycles. The number of anilines is 3. The summed E-state index contributed by atoms with van der Waals surface area (Å²) in [5.74, 6) is 1.31. The SMILES string of the molecule is CCCCCNc1nc(C)cc(Nc2cccc(Cl)c2Cl)n1. The highest BCUT2D eigenvalue weighted by atomic mass is 35.5. The van der Waals surface area contributed by atoms with E-state index in [0.29, 0.717) is 21.8 Å². The van der Waals surface area contributed by atoms with Gasteiger partial charge in [-0.15, -0.1) is 0 Å². The Balaban J connectivity index is 2.10. The lowest BCUT2D eigenvalue weighted by molar-refractivity contribution is 0.740. The van der Waals surface area contributed by atoms with E-state index in [1.807, 2.05) is 25.1 Å². The van der Waals surface area contributed by atoms with Gasteiger partial charge in [0.15, 0.2) is 0 Å². The number of aromatic nitrogens is 2. The summed E-state index contributed by atoms with van der Waals surface area (Å²) >= 11 is 12.2. The Morgan fingerprint density at radius 2 is 1.95 bits per heavy atom. The van der Waals surface area contributed by atoms with Crippen molar-refractivity contribution in [1.29, 1.82) is 0 Å². The molecule has 0 bridgehead atoms. The molecule has 6 heteroatoms. The molecule has 0 aliphatic rings. The number of nitrogens with zero attached hydrogens (tertiary/aromatic N) is 2.